The molecule has 1 aromatic heterocycles. The van der Waals surface area contributed by atoms with Crippen LogP contribution in [0.1, 0.15) is 36.2 Å². The van der Waals surface area contributed by atoms with Crippen molar-refractivity contribution in [2.75, 3.05) is 5.32 Å². The molecule has 1 aliphatic rings. The molecule has 5 nitrogen and oxygen atoms in total. The van der Waals surface area contributed by atoms with Gasteiger partial charge < -0.3 is 15.4 Å². The summed E-state index contributed by atoms with van der Waals surface area (Å²) in [6.07, 6.45) is 6.10. The molecule has 1 aliphatic carbocycles. The van der Waals surface area contributed by atoms with Crippen LogP contribution in [-0.2, 0) is 0 Å². The molecule has 5 heteroatoms. The molecule has 4 rings (SSSR count). The standard InChI is InChI=1S/C23H23N3O2/c27-23(26-17-8-4-5-9-17)21-16-18(14-15-24-21)25-20-12-6-7-13-22(20)28-19-10-2-1-3-11-19/h1-3,6-7,10-17H,4-5,8-9H2,(H,24,25)(H,26,27). The van der Waals surface area contributed by atoms with E-state index in [0.717, 1.165) is 30.0 Å². The lowest BCUT2D eigenvalue weighted by atomic mass is 10.2. The molecule has 3 aromatic rings. The summed E-state index contributed by atoms with van der Waals surface area (Å²) in [4.78, 5) is 16.7. The van der Waals surface area contributed by atoms with Crippen molar-refractivity contribution in [3.8, 4) is 11.5 Å². The summed E-state index contributed by atoms with van der Waals surface area (Å²) in [5.41, 5.74) is 2.02. The normalized spacial score (nSPS) is 13.9. The fourth-order valence-corrected chi connectivity index (χ4v) is 3.39. The lowest BCUT2D eigenvalue weighted by Gasteiger charge is -2.14. The fourth-order valence-electron chi connectivity index (χ4n) is 3.39. The maximum atomic E-state index is 12.5. The Hall–Kier alpha value is -3.34. The van der Waals surface area contributed by atoms with E-state index >= 15 is 0 Å². The fraction of sp³-hybridized carbons (Fsp3) is 0.217. The van der Waals surface area contributed by atoms with E-state index in [1.807, 2.05) is 60.7 Å². The van der Waals surface area contributed by atoms with Crippen molar-refractivity contribution in [2.45, 2.75) is 31.7 Å². The summed E-state index contributed by atoms with van der Waals surface area (Å²) >= 11 is 0. The van der Waals surface area contributed by atoms with Crippen LogP contribution in [0, 0.1) is 0 Å². The van der Waals surface area contributed by atoms with Crippen LogP contribution in [0.25, 0.3) is 0 Å². The topological polar surface area (TPSA) is 63.2 Å². The minimum absolute atomic E-state index is 0.121. The first kappa shape index (κ1) is 18.0. The van der Waals surface area contributed by atoms with Crippen molar-refractivity contribution >= 4 is 17.3 Å². The highest BCUT2D eigenvalue weighted by Gasteiger charge is 2.18. The van der Waals surface area contributed by atoms with E-state index in [2.05, 4.69) is 15.6 Å². The van der Waals surface area contributed by atoms with Gasteiger partial charge in [-0.25, -0.2) is 0 Å². The predicted molar refractivity (Wildman–Crippen MR) is 110 cm³/mol. The van der Waals surface area contributed by atoms with Gasteiger partial charge in [-0.1, -0.05) is 43.2 Å². The zero-order valence-corrected chi connectivity index (χ0v) is 15.6. The van der Waals surface area contributed by atoms with Gasteiger partial charge in [0.1, 0.15) is 11.4 Å². The van der Waals surface area contributed by atoms with Crippen LogP contribution in [0.4, 0.5) is 11.4 Å². The van der Waals surface area contributed by atoms with Crippen LogP contribution in [0.3, 0.4) is 0 Å². The van der Waals surface area contributed by atoms with Gasteiger partial charge in [0.25, 0.3) is 5.91 Å². The van der Waals surface area contributed by atoms with E-state index in [0.29, 0.717) is 11.4 Å². The second-order valence-electron chi connectivity index (χ2n) is 6.92. The number of carbonyl (C=O) groups excluding carboxylic acids is 1. The molecule has 0 bridgehead atoms. The first-order chi connectivity index (χ1) is 13.8. The number of para-hydroxylation sites is 3. The largest absolute Gasteiger partial charge is 0.455 e. The third-order valence-electron chi connectivity index (χ3n) is 4.82. The number of ether oxygens (including phenoxy) is 1. The van der Waals surface area contributed by atoms with E-state index in [1.54, 1.807) is 12.3 Å². The summed E-state index contributed by atoms with van der Waals surface area (Å²) in [6, 6.07) is 21.2. The van der Waals surface area contributed by atoms with Gasteiger partial charge in [-0.05, 0) is 49.2 Å². The lowest BCUT2D eigenvalue weighted by Crippen LogP contribution is -2.33. The molecule has 0 radical (unpaired) electrons. The second-order valence-corrected chi connectivity index (χ2v) is 6.92. The van der Waals surface area contributed by atoms with Crippen LogP contribution in [0.2, 0.25) is 0 Å². The van der Waals surface area contributed by atoms with Crippen LogP contribution < -0.4 is 15.4 Å². The van der Waals surface area contributed by atoms with Crippen molar-refractivity contribution in [3.63, 3.8) is 0 Å². The Labute approximate surface area is 164 Å². The molecule has 1 heterocycles. The van der Waals surface area contributed by atoms with Crippen molar-refractivity contribution in [1.82, 2.24) is 10.3 Å². The van der Waals surface area contributed by atoms with E-state index < -0.39 is 0 Å². The summed E-state index contributed by atoms with van der Waals surface area (Å²) < 4.78 is 5.99. The number of benzene rings is 2. The Kier molecular flexibility index (Phi) is 5.52. The van der Waals surface area contributed by atoms with E-state index in [1.165, 1.54) is 12.8 Å². The molecule has 2 aromatic carbocycles. The zero-order chi connectivity index (χ0) is 19.2. The molecule has 0 spiro atoms. The first-order valence-electron chi connectivity index (χ1n) is 9.64. The van der Waals surface area contributed by atoms with Crippen molar-refractivity contribution in [1.29, 1.82) is 0 Å². The number of carbonyl (C=O) groups is 1. The second kappa shape index (κ2) is 8.57. The average molecular weight is 373 g/mol. The predicted octanol–water partition coefficient (Wildman–Crippen LogP) is 5.29. The number of amides is 1. The molecular formula is C23H23N3O2. The van der Waals surface area contributed by atoms with Gasteiger partial charge in [-0.15, -0.1) is 0 Å². The van der Waals surface area contributed by atoms with E-state index in [9.17, 15) is 4.79 Å². The SMILES string of the molecule is O=C(NC1CCCC1)c1cc(Nc2ccccc2Oc2ccccc2)ccn1. The summed E-state index contributed by atoms with van der Waals surface area (Å²) in [6.45, 7) is 0. The smallest absolute Gasteiger partial charge is 0.270 e. The molecule has 1 fully saturated rings. The molecule has 0 atom stereocenters. The minimum Gasteiger partial charge on any atom is -0.455 e. The Morgan fingerprint density at radius 1 is 0.964 bits per heavy atom. The van der Waals surface area contributed by atoms with Gasteiger partial charge in [0.15, 0.2) is 5.75 Å². The number of rotatable bonds is 6. The molecule has 1 amide bonds. The molecule has 0 saturated heterocycles. The average Bonchev–Trinajstić information content (AvgIpc) is 3.23. The molecule has 0 unspecified atom stereocenters. The molecule has 0 aliphatic heterocycles. The third-order valence-corrected chi connectivity index (χ3v) is 4.82. The Morgan fingerprint density at radius 3 is 2.54 bits per heavy atom. The summed E-state index contributed by atoms with van der Waals surface area (Å²) in [5.74, 6) is 1.36. The highest BCUT2D eigenvalue weighted by Crippen LogP contribution is 2.31. The van der Waals surface area contributed by atoms with Gasteiger partial charge in [-0.2, -0.15) is 0 Å². The van der Waals surface area contributed by atoms with E-state index in [4.69, 9.17) is 4.74 Å². The molecule has 142 valence electrons. The molecule has 1 saturated carbocycles. The van der Waals surface area contributed by atoms with Crippen molar-refractivity contribution < 1.29 is 9.53 Å². The first-order valence-corrected chi connectivity index (χ1v) is 9.64. The maximum Gasteiger partial charge on any atom is 0.270 e. The van der Waals surface area contributed by atoms with Crippen LogP contribution >= 0.6 is 0 Å². The van der Waals surface area contributed by atoms with Crippen LogP contribution in [0.5, 0.6) is 11.5 Å². The minimum atomic E-state index is -0.121. The molecule has 2 N–H and O–H groups in total. The number of nitrogens with one attached hydrogen (secondary N) is 2. The van der Waals surface area contributed by atoms with E-state index in [-0.39, 0.29) is 11.9 Å². The number of pyridine rings is 1. The Bertz CT molecular complexity index is 937. The van der Waals surface area contributed by atoms with Crippen molar-refractivity contribution in [3.05, 3.63) is 78.6 Å². The summed E-state index contributed by atoms with van der Waals surface area (Å²) in [7, 11) is 0. The van der Waals surface area contributed by atoms with Gasteiger partial charge in [0.05, 0.1) is 5.69 Å². The Balaban J connectivity index is 1.49. The van der Waals surface area contributed by atoms with Crippen LogP contribution in [-0.4, -0.2) is 16.9 Å². The number of hydrogen-bond donors (Lipinski definition) is 2. The number of anilines is 2. The van der Waals surface area contributed by atoms with Gasteiger partial charge in [0.2, 0.25) is 0 Å². The number of hydrogen-bond acceptors (Lipinski definition) is 4. The van der Waals surface area contributed by atoms with Gasteiger partial charge in [-0.3, -0.25) is 9.78 Å². The Morgan fingerprint density at radius 2 is 1.71 bits per heavy atom. The molecule has 28 heavy (non-hydrogen) atoms. The number of nitrogens with zero attached hydrogens (tertiary/aromatic N) is 1. The highest BCUT2D eigenvalue weighted by molar-refractivity contribution is 5.93. The maximum absolute atomic E-state index is 12.5. The van der Waals surface area contributed by atoms with Gasteiger partial charge in [0, 0.05) is 17.9 Å². The molecular weight excluding hydrogens is 350 g/mol. The monoisotopic (exact) mass is 373 g/mol. The van der Waals surface area contributed by atoms with Gasteiger partial charge >= 0.3 is 0 Å². The number of aromatic nitrogens is 1. The third kappa shape index (κ3) is 4.49. The van der Waals surface area contributed by atoms with Crippen LogP contribution in [0.15, 0.2) is 72.9 Å². The van der Waals surface area contributed by atoms with Crippen molar-refractivity contribution in [2.24, 2.45) is 0 Å². The highest BCUT2D eigenvalue weighted by atomic mass is 16.5. The quantitative estimate of drug-likeness (QED) is 0.616. The summed E-state index contributed by atoms with van der Waals surface area (Å²) in [5, 5.41) is 6.41. The lowest BCUT2D eigenvalue weighted by molar-refractivity contribution is 0.0933. The zero-order valence-electron chi connectivity index (χ0n) is 15.6.